The Morgan fingerprint density at radius 2 is 0.524 bits per heavy atom. The molecule has 0 unspecified atom stereocenters. The van der Waals surface area contributed by atoms with E-state index < -0.39 is 6.10 Å². The molecule has 6 nitrogen and oxygen atoms in total. The van der Waals surface area contributed by atoms with Crippen molar-refractivity contribution in [2.75, 3.05) is 13.2 Å². The van der Waals surface area contributed by atoms with Crippen LogP contribution in [-0.2, 0) is 28.6 Å². The molecular weight excluding hydrogens is 781 g/mol. The molecule has 0 radical (unpaired) electrons. The second-order valence-corrected chi connectivity index (χ2v) is 20.1. The zero-order chi connectivity index (χ0) is 45.9. The van der Waals surface area contributed by atoms with Crippen LogP contribution >= 0.6 is 0 Å². The van der Waals surface area contributed by atoms with Crippen LogP contribution in [0.15, 0.2) is 0 Å². The molecule has 0 saturated carbocycles. The van der Waals surface area contributed by atoms with Crippen molar-refractivity contribution < 1.29 is 28.6 Å². The molecule has 0 aromatic carbocycles. The van der Waals surface area contributed by atoms with E-state index in [9.17, 15) is 14.4 Å². The lowest BCUT2D eigenvalue weighted by Gasteiger charge is -2.18. The van der Waals surface area contributed by atoms with Crippen LogP contribution in [0.1, 0.15) is 323 Å². The van der Waals surface area contributed by atoms with E-state index in [2.05, 4.69) is 27.7 Å². The van der Waals surface area contributed by atoms with Gasteiger partial charge in [0.2, 0.25) is 0 Å². The molecule has 0 aliphatic carbocycles. The zero-order valence-corrected chi connectivity index (χ0v) is 43.0. The first-order valence-corrected chi connectivity index (χ1v) is 28.4. The molecular formula is C57H110O6. The minimum absolute atomic E-state index is 0.0623. The molecule has 0 N–H and O–H groups in total. The highest BCUT2D eigenvalue weighted by atomic mass is 16.6. The zero-order valence-electron chi connectivity index (χ0n) is 43.0. The van der Waals surface area contributed by atoms with Crippen molar-refractivity contribution >= 4 is 17.9 Å². The Balaban J connectivity index is 4.27. The van der Waals surface area contributed by atoms with Crippen molar-refractivity contribution in [3.63, 3.8) is 0 Å². The lowest BCUT2D eigenvalue weighted by atomic mass is 10.0. The van der Waals surface area contributed by atoms with Gasteiger partial charge >= 0.3 is 17.9 Å². The third-order valence-corrected chi connectivity index (χ3v) is 13.0. The number of ether oxygens (including phenoxy) is 3. The minimum atomic E-state index is -0.761. The Labute approximate surface area is 393 Å². The van der Waals surface area contributed by atoms with Crippen molar-refractivity contribution in [1.29, 1.82) is 0 Å². The molecule has 0 rings (SSSR count). The standard InChI is InChI=1S/C57H110O6/c1-5-7-9-11-13-15-17-19-21-22-23-25-26-28-32-36-40-44-48-55(58)61-51-54(52-62-56(59)49-45-41-37-34-30-31-35-39-43-47-53(3)4)63-57(60)50-46-42-38-33-29-27-24-20-18-16-14-12-10-8-6-2/h53-54H,5-52H2,1-4H3/t54-/m0/s1. The summed E-state index contributed by atoms with van der Waals surface area (Å²) in [5.74, 6) is -0.0300. The third-order valence-electron chi connectivity index (χ3n) is 13.0. The van der Waals surface area contributed by atoms with Crippen molar-refractivity contribution in [2.24, 2.45) is 5.92 Å². The number of carbonyl (C=O) groups is 3. The molecule has 0 aliphatic heterocycles. The van der Waals surface area contributed by atoms with E-state index in [-0.39, 0.29) is 31.1 Å². The van der Waals surface area contributed by atoms with Crippen LogP contribution in [0.2, 0.25) is 0 Å². The van der Waals surface area contributed by atoms with Gasteiger partial charge in [0.05, 0.1) is 0 Å². The highest BCUT2D eigenvalue weighted by Gasteiger charge is 2.19. The van der Waals surface area contributed by atoms with Crippen LogP contribution < -0.4 is 0 Å². The molecule has 1 atom stereocenters. The van der Waals surface area contributed by atoms with Gasteiger partial charge in [0.25, 0.3) is 0 Å². The summed E-state index contributed by atoms with van der Waals surface area (Å²) < 4.78 is 16.9. The molecule has 0 bridgehead atoms. The molecule has 0 aliphatic rings. The Kier molecular flexibility index (Phi) is 50.1. The maximum absolute atomic E-state index is 12.8. The molecule has 0 fully saturated rings. The molecule has 6 heteroatoms. The van der Waals surface area contributed by atoms with Crippen molar-refractivity contribution in [2.45, 2.75) is 329 Å². The lowest BCUT2D eigenvalue weighted by Crippen LogP contribution is -2.30. The highest BCUT2D eigenvalue weighted by molar-refractivity contribution is 5.71. The first-order chi connectivity index (χ1) is 30.9. The molecule has 0 heterocycles. The van der Waals surface area contributed by atoms with Crippen LogP contribution in [0.5, 0.6) is 0 Å². The van der Waals surface area contributed by atoms with E-state index in [0.717, 1.165) is 63.7 Å². The average Bonchev–Trinajstić information content (AvgIpc) is 3.27. The number of esters is 3. The number of hydrogen-bond donors (Lipinski definition) is 0. The normalized spacial score (nSPS) is 12.0. The van der Waals surface area contributed by atoms with Gasteiger partial charge in [0, 0.05) is 19.3 Å². The molecule has 0 saturated heterocycles. The Hall–Kier alpha value is -1.59. The van der Waals surface area contributed by atoms with Crippen molar-refractivity contribution in [3.8, 4) is 0 Å². The second-order valence-electron chi connectivity index (χ2n) is 20.1. The summed E-state index contributed by atoms with van der Waals surface area (Å²) >= 11 is 0. The van der Waals surface area contributed by atoms with Gasteiger partial charge in [0.15, 0.2) is 6.10 Å². The molecule has 0 aromatic rings. The molecule has 0 amide bonds. The van der Waals surface area contributed by atoms with Gasteiger partial charge in [-0.25, -0.2) is 0 Å². The van der Waals surface area contributed by atoms with E-state index in [0.29, 0.717) is 19.3 Å². The highest BCUT2D eigenvalue weighted by Crippen LogP contribution is 2.18. The summed E-state index contributed by atoms with van der Waals surface area (Å²) in [4.78, 5) is 38.1. The quantitative estimate of drug-likeness (QED) is 0.0344. The number of unbranched alkanes of at least 4 members (excludes halogenated alkanes) is 39. The molecule has 63 heavy (non-hydrogen) atoms. The van der Waals surface area contributed by atoms with E-state index in [1.807, 2.05) is 0 Å². The van der Waals surface area contributed by atoms with Crippen LogP contribution in [0, 0.1) is 5.92 Å². The number of rotatable bonds is 52. The van der Waals surface area contributed by atoms with Gasteiger partial charge in [0.1, 0.15) is 13.2 Å². The minimum Gasteiger partial charge on any atom is -0.462 e. The second kappa shape index (κ2) is 51.4. The predicted molar refractivity (Wildman–Crippen MR) is 270 cm³/mol. The summed E-state index contributed by atoms with van der Waals surface area (Å²) in [6.45, 7) is 9.03. The smallest absolute Gasteiger partial charge is 0.306 e. The predicted octanol–water partition coefficient (Wildman–Crippen LogP) is 18.6. The molecule has 374 valence electrons. The Morgan fingerprint density at radius 3 is 0.778 bits per heavy atom. The summed E-state index contributed by atoms with van der Waals surface area (Å²) in [6.07, 6.45) is 55.2. The molecule has 0 aromatic heterocycles. The summed E-state index contributed by atoms with van der Waals surface area (Å²) in [7, 11) is 0. The SMILES string of the molecule is CCCCCCCCCCCCCCCCCCCCC(=O)OC[C@@H](COC(=O)CCCCCCCCCCCC(C)C)OC(=O)CCCCCCCCCCCCCCCCC. The van der Waals surface area contributed by atoms with Crippen LogP contribution in [0.3, 0.4) is 0 Å². The van der Waals surface area contributed by atoms with Gasteiger partial charge in [-0.1, -0.05) is 285 Å². The fraction of sp³-hybridized carbons (Fsp3) is 0.947. The van der Waals surface area contributed by atoms with Gasteiger partial charge in [-0.3, -0.25) is 14.4 Å². The largest absolute Gasteiger partial charge is 0.462 e. The lowest BCUT2D eigenvalue weighted by molar-refractivity contribution is -0.167. The van der Waals surface area contributed by atoms with Gasteiger partial charge < -0.3 is 14.2 Å². The fourth-order valence-electron chi connectivity index (χ4n) is 8.75. The monoisotopic (exact) mass is 891 g/mol. The van der Waals surface area contributed by atoms with Gasteiger partial charge in [-0.2, -0.15) is 0 Å². The van der Waals surface area contributed by atoms with Gasteiger partial charge in [-0.15, -0.1) is 0 Å². The Morgan fingerprint density at radius 1 is 0.302 bits per heavy atom. The topological polar surface area (TPSA) is 78.9 Å². The maximum Gasteiger partial charge on any atom is 0.306 e. The van der Waals surface area contributed by atoms with Crippen molar-refractivity contribution in [1.82, 2.24) is 0 Å². The van der Waals surface area contributed by atoms with Crippen LogP contribution in [-0.4, -0.2) is 37.2 Å². The summed E-state index contributed by atoms with van der Waals surface area (Å²) in [5, 5.41) is 0. The maximum atomic E-state index is 12.8. The summed E-state index contributed by atoms with van der Waals surface area (Å²) in [6, 6.07) is 0. The van der Waals surface area contributed by atoms with Crippen molar-refractivity contribution in [3.05, 3.63) is 0 Å². The first-order valence-electron chi connectivity index (χ1n) is 28.4. The fourth-order valence-corrected chi connectivity index (χ4v) is 8.75. The summed E-state index contributed by atoms with van der Waals surface area (Å²) in [5.41, 5.74) is 0. The van der Waals surface area contributed by atoms with Crippen LogP contribution in [0.25, 0.3) is 0 Å². The first kappa shape index (κ1) is 61.4. The third kappa shape index (κ3) is 51.3. The average molecular weight is 892 g/mol. The Bertz CT molecular complexity index is 949. The number of carbonyl (C=O) groups excluding carboxylic acids is 3. The van der Waals surface area contributed by atoms with Crippen LogP contribution in [0.4, 0.5) is 0 Å². The van der Waals surface area contributed by atoms with Gasteiger partial charge in [-0.05, 0) is 25.2 Å². The van der Waals surface area contributed by atoms with E-state index >= 15 is 0 Å². The van der Waals surface area contributed by atoms with E-state index in [4.69, 9.17) is 14.2 Å². The molecule has 0 spiro atoms. The number of hydrogen-bond acceptors (Lipinski definition) is 6. The van der Waals surface area contributed by atoms with E-state index in [1.165, 1.54) is 218 Å². The van der Waals surface area contributed by atoms with E-state index in [1.54, 1.807) is 0 Å².